The van der Waals surface area contributed by atoms with E-state index >= 15 is 0 Å². The van der Waals surface area contributed by atoms with Crippen molar-refractivity contribution < 1.29 is 13.3 Å². The van der Waals surface area contributed by atoms with Crippen LogP contribution in [0.5, 0.6) is 0 Å². The van der Waals surface area contributed by atoms with E-state index in [1.54, 1.807) is 39.9 Å². The Bertz CT molecular complexity index is 661. The van der Waals surface area contributed by atoms with Crippen molar-refractivity contribution in [1.29, 1.82) is 0 Å². The van der Waals surface area contributed by atoms with Gasteiger partial charge in [0.1, 0.15) is 6.54 Å². The van der Waals surface area contributed by atoms with Gasteiger partial charge in [0.25, 0.3) is 0 Å². The molecule has 0 unspecified atom stereocenters. The molecule has 6 heteroatoms. The summed E-state index contributed by atoms with van der Waals surface area (Å²) in [4.78, 5) is 1.85. The second kappa shape index (κ2) is 6.27. The molecule has 1 saturated heterocycles. The van der Waals surface area contributed by atoms with Crippen LogP contribution >= 0.6 is 11.3 Å². The Kier molecular flexibility index (Phi) is 4.40. The van der Waals surface area contributed by atoms with Gasteiger partial charge in [-0.2, -0.15) is 15.6 Å². The van der Waals surface area contributed by atoms with Crippen LogP contribution in [0.2, 0.25) is 0 Å². The summed E-state index contributed by atoms with van der Waals surface area (Å²) in [6, 6.07) is 10.8. The summed E-state index contributed by atoms with van der Waals surface area (Å²) < 4.78 is 26.7. The molecule has 0 radical (unpaired) electrons. The average molecular weight is 323 g/mol. The number of nitrogens with zero attached hydrogens (tertiary/aromatic N) is 1. The van der Waals surface area contributed by atoms with Crippen molar-refractivity contribution in [3.8, 4) is 0 Å². The van der Waals surface area contributed by atoms with Crippen molar-refractivity contribution in [2.24, 2.45) is 0 Å². The van der Waals surface area contributed by atoms with Crippen molar-refractivity contribution in [2.75, 3.05) is 26.2 Å². The second-order valence-corrected chi connectivity index (χ2v) is 7.99. The zero-order valence-electron chi connectivity index (χ0n) is 11.7. The van der Waals surface area contributed by atoms with Crippen LogP contribution in [0.1, 0.15) is 5.56 Å². The van der Waals surface area contributed by atoms with Gasteiger partial charge in [-0.3, -0.25) is 0 Å². The molecule has 21 heavy (non-hydrogen) atoms. The van der Waals surface area contributed by atoms with Crippen LogP contribution < -0.4 is 4.90 Å². The number of sulfonamides is 1. The van der Waals surface area contributed by atoms with E-state index in [1.807, 2.05) is 6.07 Å². The first-order valence-corrected chi connectivity index (χ1v) is 9.44. The first-order chi connectivity index (χ1) is 10.2. The molecule has 1 aromatic heterocycles. The maximum absolute atomic E-state index is 12.5. The summed E-state index contributed by atoms with van der Waals surface area (Å²) in [5.41, 5.74) is 1.34. The molecule has 0 bridgehead atoms. The van der Waals surface area contributed by atoms with Crippen molar-refractivity contribution in [3.63, 3.8) is 0 Å². The molecule has 4 nitrogen and oxygen atoms in total. The predicted octanol–water partition coefficient (Wildman–Crippen LogP) is 0.838. The summed E-state index contributed by atoms with van der Waals surface area (Å²) in [6.07, 6.45) is 0. The van der Waals surface area contributed by atoms with E-state index in [4.69, 9.17) is 0 Å². The fourth-order valence-corrected chi connectivity index (χ4v) is 4.77. The van der Waals surface area contributed by atoms with Gasteiger partial charge in [-0.25, -0.2) is 8.42 Å². The first-order valence-electron chi connectivity index (χ1n) is 7.06. The number of piperazine rings is 1. The zero-order chi connectivity index (χ0) is 14.7. The molecule has 2 aromatic rings. The van der Waals surface area contributed by atoms with Crippen molar-refractivity contribution in [2.45, 2.75) is 11.4 Å². The lowest BCUT2D eigenvalue weighted by molar-refractivity contribution is -0.917. The first kappa shape index (κ1) is 14.7. The third-order valence-electron chi connectivity index (χ3n) is 3.84. The molecule has 1 aliphatic rings. The van der Waals surface area contributed by atoms with Gasteiger partial charge in [0, 0.05) is 5.56 Å². The number of thiophene rings is 1. The van der Waals surface area contributed by atoms with Gasteiger partial charge in [-0.15, -0.1) is 0 Å². The van der Waals surface area contributed by atoms with Crippen molar-refractivity contribution >= 4 is 21.4 Å². The predicted molar refractivity (Wildman–Crippen MR) is 83.9 cm³/mol. The molecule has 1 fully saturated rings. The van der Waals surface area contributed by atoms with Crippen LogP contribution in [-0.4, -0.2) is 38.9 Å². The van der Waals surface area contributed by atoms with E-state index in [9.17, 15) is 8.42 Å². The molecular formula is C15H19N2O2S2+. The van der Waals surface area contributed by atoms with Crippen LogP contribution in [0.4, 0.5) is 0 Å². The number of hydrogen-bond donors (Lipinski definition) is 1. The fourth-order valence-electron chi connectivity index (χ4n) is 2.64. The topological polar surface area (TPSA) is 41.8 Å². The minimum absolute atomic E-state index is 0.395. The summed E-state index contributed by atoms with van der Waals surface area (Å²) in [7, 11) is -3.33. The molecular weight excluding hydrogens is 304 g/mol. The third-order valence-corrected chi connectivity index (χ3v) is 6.49. The van der Waals surface area contributed by atoms with Gasteiger partial charge in [0.2, 0.25) is 10.0 Å². The molecule has 1 aromatic carbocycles. The lowest BCUT2D eigenvalue weighted by Gasteiger charge is -2.31. The molecule has 0 spiro atoms. The van der Waals surface area contributed by atoms with Gasteiger partial charge in [-0.1, -0.05) is 18.2 Å². The van der Waals surface area contributed by atoms with Crippen LogP contribution in [0.15, 0.2) is 52.1 Å². The molecule has 0 saturated carbocycles. The Labute approximate surface area is 129 Å². The van der Waals surface area contributed by atoms with Gasteiger partial charge in [0.15, 0.2) is 0 Å². The Balaban J connectivity index is 1.63. The van der Waals surface area contributed by atoms with E-state index in [0.717, 1.165) is 19.6 Å². The maximum Gasteiger partial charge on any atom is 0.243 e. The van der Waals surface area contributed by atoms with Crippen LogP contribution in [0.3, 0.4) is 0 Å². The fraction of sp³-hybridized carbons (Fsp3) is 0.333. The second-order valence-electron chi connectivity index (χ2n) is 5.28. The number of benzene rings is 1. The van der Waals surface area contributed by atoms with E-state index in [0.29, 0.717) is 18.0 Å². The number of quaternary nitrogens is 1. The quantitative estimate of drug-likeness (QED) is 0.906. The van der Waals surface area contributed by atoms with Gasteiger partial charge in [0.05, 0.1) is 31.1 Å². The molecule has 1 aliphatic heterocycles. The normalized spacial score (nSPS) is 17.9. The third kappa shape index (κ3) is 3.35. The SMILES string of the molecule is O=S(=O)(c1ccccc1)N1CC[NH+](Cc2ccsc2)CC1. The average Bonchev–Trinajstić information content (AvgIpc) is 3.02. The molecule has 2 heterocycles. The van der Waals surface area contributed by atoms with Crippen molar-refractivity contribution in [3.05, 3.63) is 52.7 Å². The standard InChI is InChI=1S/C15H18N2O2S2/c18-21(19,15-4-2-1-3-5-15)17-9-7-16(8-10-17)12-14-6-11-20-13-14/h1-6,11,13H,7-10,12H2/p+1. The molecule has 1 N–H and O–H groups in total. The highest BCUT2D eigenvalue weighted by Crippen LogP contribution is 2.14. The van der Waals surface area contributed by atoms with E-state index in [-0.39, 0.29) is 0 Å². The highest BCUT2D eigenvalue weighted by Gasteiger charge is 2.30. The number of nitrogens with one attached hydrogen (secondary N) is 1. The Morgan fingerprint density at radius 1 is 1.10 bits per heavy atom. The highest BCUT2D eigenvalue weighted by molar-refractivity contribution is 7.89. The summed E-state index contributed by atoms with van der Waals surface area (Å²) in [6.45, 7) is 3.90. The number of rotatable bonds is 4. The smallest absolute Gasteiger partial charge is 0.243 e. The molecule has 0 aliphatic carbocycles. The molecule has 0 amide bonds. The lowest BCUT2D eigenvalue weighted by atomic mass is 10.3. The largest absolute Gasteiger partial charge is 0.329 e. The van der Waals surface area contributed by atoms with Crippen LogP contribution in [-0.2, 0) is 16.6 Å². The zero-order valence-corrected chi connectivity index (χ0v) is 13.4. The van der Waals surface area contributed by atoms with Gasteiger partial charge >= 0.3 is 0 Å². The maximum atomic E-state index is 12.5. The highest BCUT2D eigenvalue weighted by atomic mass is 32.2. The molecule has 0 atom stereocenters. The van der Waals surface area contributed by atoms with Crippen LogP contribution in [0.25, 0.3) is 0 Å². The van der Waals surface area contributed by atoms with Gasteiger partial charge in [-0.05, 0) is 29.0 Å². The number of hydrogen-bond acceptors (Lipinski definition) is 3. The lowest BCUT2D eigenvalue weighted by Crippen LogP contribution is -3.13. The van der Waals surface area contributed by atoms with E-state index in [1.165, 1.54) is 10.5 Å². The van der Waals surface area contributed by atoms with Gasteiger partial charge < -0.3 is 4.90 Å². The Morgan fingerprint density at radius 2 is 1.81 bits per heavy atom. The minimum Gasteiger partial charge on any atom is -0.329 e. The van der Waals surface area contributed by atoms with Crippen LogP contribution in [0, 0.1) is 0 Å². The van der Waals surface area contributed by atoms with Crippen molar-refractivity contribution in [1.82, 2.24) is 4.31 Å². The van der Waals surface area contributed by atoms with E-state index in [2.05, 4.69) is 16.8 Å². The summed E-state index contributed by atoms with van der Waals surface area (Å²) >= 11 is 1.71. The molecule has 3 rings (SSSR count). The monoisotopic (exact) mass is 323 g/mol. The Morgan fingerprint density at radius 3 is 2.43 bits per heavy atom. The molecule has 112 valence electrons. The van der Waals surface area contributed by atoms with E-state index < -0.39 is 10.0 Å². The summed E-state index contributed by atoms with van der Waals surface area (Å²) in [5.74, 6) is 0. The Hall–Kier alpha value is -1.21. The summed E-state index contributed by atoms with van der Waals surface area (Å²) in [5, 5.41) is 4.25. The minimum atomic E-state index is -3.33.